The summed E-state index contributed by atoms with van der Waals surface area (Å²) in [4.78, 5) is 10.7. The zero-order valence-electron chi connectivity index (χ0n) is 6.73. The highest BCUT2D eigenvalue weighted by atomic mass is 16.4. The summed E-state index contributed by atoms with van der Waals surface area (Å²) in [6.07, 6.45) is 2.15. The van der Waals surface area contributed by atoms with Crippen LogP contribution >= 0.6 is 0 Å². The summed E-state index contributed by atoms with van der Waals surface area (Å²) in [5.41, 5.74) is 0. The van der Waals surface area contributed by atoms with Crippen LogP contribution in [0.1, 0.15) is 19.3 Å². The lowest BCUT2D eigenvalue weighted by atomic mass is 9.74. The molecule has 4 nitrogen and oxygen atoms in total. The van der Waals surface area contributed by atoms with Crippen LogP contribution in [-0.4, -0.2) is 34.4 Å². The van der Waals surface area contributed by atoms with Crippen LogP contribution in [0.3, 0.4) is 0 Å². The molecular weight excluding hydrogens is 158 g/mol. The van der Waals surface area contributed by atoms with E-state index in [1.807, 2.05) is 0 Å². The van der Waals surface area contributed by atoms with Crippen LogP contribution in [0.2, 0.25) is 0 Å². The fourth-order valence-electron chi connectivity index (χ4n) is 2.34. The van der Waals surface area contributed by atoms with Crippen molar-refractivity contribution in [1.29, 1.82) is 0 Å². The lowest BCUT2D eigenvalue weighted by Gasteiger charge is -2.44. The van der Waals surface area contributed by atoms with Gasteiger partial charge < -0.3 is 15.5 Å². The maximum atomic E-state index is 10.7. The van der Waals surface area contributed by atoms with E-state index in [1.165, 1.54) is 0 Å². The number of fused-ring (bicyclic) bond motifs is 3. The molecule has 0 unspecified atom stereocenters. The molecule has 0 aromatic heterocycles. The molecule has 3 rings (SSSR count). The highest BCUT2D eigenvalue weighted by molar-refractivity contribution is 5.74. The largest absolute Gasteiger partial charge is 0.480 e. The SMILES string of the molecule is O=C(O)[C@H]1N[C@H]2CC[C@@H]1[C@H](O)C2. The minimum absolute atomic E-state index is 0.0764. The lowest BCUT2D eigenvalue weighted by Crippen LogP contribution is -2.61. The summed E-state index contributed by atoms with van der Waals surface area (Å²) < 4.78 is 0. The Labute approximate surface area is 70.6 Å². The van der Waals surface area contributed by atoms with Crippen LogP contribution in [-0.2, 0) is 4.79 Å². The van der Waals surface area contributed by atoms with Gasteiger partial charge in [0.25, 0.3) is 0 Å². The minimum Gasteiger partial charge on any atom is -0.480 e. The Hall–Kier alpha value is -0.610. The first-order valence-electron chi connectivity index (χ1n) is 4.35. The van der Waals surface area contributed by atoms with Gasteiger partial charge in [-0.3, -0.25) is 4.79 Å². The molecule has 0 radical (unpaired) electrons. The highest BCUT2D eigenvalue weighted by Crippen LogP contribution is 2.33. The molecular formula is C8H13NO3. The Morgan fingerprint density at radius 3 is 2.58 bits per heavy atom. The lowest BCUT2D eigenvalue weighted by molar-refractivity contribution is -0.146. The molecule has 68 valence electrons. The van der Waals surface area contributed by atoms with Crippen molar-refractivity contribution in [3.8, 4) is 0 Å². The summed E-state index contributed by atoms with van der Waals surface area (Å²) in [6.45, 7) is 0. The third-order valence-corrected chi connectivity index (χ3v) is 2.98. The summed E-state index contributed by atoms with van der Waals surface area (Å²) in [6, 6.07) is -0.307. The quantitative estimate of drug-likeness (QED) is 0.501. The Morgan fingerprint density at radius 1 is 1.42 bits per heavy atom. The standard InChI is InChI=1S/C8H13NO3/c10-6-3-4-1-2-5(6)7(9-4)8(11)12/h4-7,9-10H,1-3H2,(H,11,12)/t4-,5+,6+,7-/m0/s1. The predicted octanol–water partition coefficient (Wildman–Crippen LogP) is -0.428. The van der Waals surface area contributed by atoms with Gasteiger partial charge in [-0.25, -0.2) is 0 Å². The van der Waals surface area contributed by atoms with Crippen molar-refractivity contribution >= 4 is 5.97 Å². The van der Waals surface area contributed by atoms with E-state index >= 15 is 0 Å². The van der Waals surface area contributed by atoms with Gasteiger partial charge in [0.15, 0.2) is 0 Å². The molecule has 0 spiro atoms. The van der Waals surface area contributed by atoms with Gasteiger partial charge >= 0.3 is 5.97 Å². The molecule has 0 aromatic carbocycles. The molecule has 1 saturated carbocycles. The molecule has 1 aliphatic carbocycles. The summed E-state index contributed by atoms with van der Waals surface area (Å²) in [7, 11) is 0. The molecule has 3 aliphatic rings. The van der Waals surface area contributed by atoms with E-state index in [-0.39, 0.29) is 12.0 Å². The molecule has 3 fully saturated rings. The van der Waals surface area contributed by atoms with Crippen molar-refractivity contribution in [3.05, 3.63) is 0 Å². The number of aliphatic hydroxyl groups excluding tert-OH is 1. The summed E-state index contributed by atoms with van der Waals surface area (Å²) >= 11 is 0. The van der Waals surface area contributed by atoms with Gasteiger partial charge in [-0.1, -0.05) is 0 Å². The van der Waals surface area contributed by atoms with E-state index in [4.69, 9.17) is 5.11 Å². The smallest absolute Gasteiger partial charge is 0.321 e. The number of aliphatic carboxylic acids is 1. The molecule has 2 heterocycles. The van der Waals surface area contributed by atoms with E-state index in [2.05, 4.69) is 5.32 Å². The number of hydrogen-bond acceptors (Lipinski definition) is 3. The monoisotopic (exact) mass is 171 g/mol. The maximum Gasteiger partial charge on any atom is 0.321 e. The van der Waals surface area contributed by atoms with Crippen molar-refractivity contribution in [3.63, 3.8) is 0 Å². The number of rotatable bonds is 1. The van der Waals surface area contributed by atoms with Crippen LogP contribution in [0, 0.1) is 5.92 Å². The first-order chi connectivity index (χ1) is 5.68. The number of nitrogens with one attached hydrogen (secondary N) is 1. The Morgan fingerprint density at radius 2 is 2.17 bits per heavy atom. The fourth-order valence-corrected chi connectivity index (χ4v) is 2.34. The van der Waals surface area contributed by atoms with Crippen molar-refractivity contribution in [1.82, 2.24) is 5.32 Å². The Kier molecular flexibility index (Phi) is 1.81. The number of aliphatic hydroxyl groups is 1. The zero-order chi connectivity index (χ0) is 8.72. The molecule has 2 saturated heterocycles. The van der Waals surface area contributed by atoms with E-state index in [9.17, 15) is 9.90 Å². The number of carboxylic acid groups (broad SMARTS) is 1. The molecule has 0 amide bonds. The molecule has 3 N–H and O–H groups in total. The third-order valence-electron chi connectivity index (χ3n) is 2.98. The normalized spacial score (nSPS) is 46.1. The van der Waals surface area contributed by atoms with E-state index < -0.39 is 18.1 Å². The second-order valence-electron chi connectivity index (χ2n) is 3.72. The van der Waals surface area contributed by atoms with Crippen LogP contribution in [0.25, 0.3) is 0 Å². The van der Waals surface area contributed by atoms with Crippen LogP contribution < -0.4 is 5.32 Å². The fraction of sp³-hybridized carbons (Fsp3) is 0.875. The number of hydrogen-bond donors (Lipinski definition) is 3. The molecule has 2 bridgehead atoms. The van der Waals surface area contributed by atoms with Crippen molar-refractivity contribution in [2.45, 2.75) is 37.5 Å². The summed E-state index contributed by atoms with van der Waals surface area (Å²) in [5.74, 6) is -0.907. The maximum absolute atomic E-state index is 10.7. The average Bonchev–Trinajstić information content (AvgIpc) is 2.04. The zero-order valence-corrected chi connectivity index (χ0v) is 6.73. The van der Waals surface area contributed by atoms with Gasteiger partial charge in [0.05, 0.1) is 6.10 Å². The summed E-state index contributed by atoms with van der Waals surface area (Å²) in [5, 5.41) is 21.3. The number of carboxylic acids is 1. The van der Waals surface area contributed by atoms with Gasteiger partial charge in [0, 0.05) is 12.0 Å². The van der Waals surface area contributed by atoms with Gasteiger partial charge in [0.2, 0.25) is 0 Å². The van der Waals surface area contributed by atoms with E-state index in [1.54, 1.807) is 0 Å². The first kappa shape index (κ1) is 8.01. The third kappa shape index (κ3) is 1.11. The second-order valence-corrected chi connectivity index (χ2v) is 3.72. The second kappa shape index (κ2) is 2.71. The molecule has 0 aromatic rings. The molecule has 2 aliphatic heterocycles. The average molecular weight is 171 g/mol. The minimum atomic E-state index is -0.830. The van der Waals surface area contributed by atoms with Gasteiger partial charge in [-0.2, -0.15) is 0 Å². The van der Waals surface area contributed by atoms with Crippen molar-refractivity contribution < 1.29 is 15.0 Å². The van der Waals surface area contributed by atoms with Gasteiger partial charge in [-0.15, -0.1) is 0 Å². The predicted molar refractivity (Wildman–Crippen MR) is 41.7 cm³/mol. The molecule has 4 atom stereocenters. The van der Waals surface area contributed by atoms with Crippen LogP contribution in [0.4, 0.5) is 0 Å². The van der Waals surface area contributed by atoms with Crippen molar-refractivity contribution in [2.24, 2.45) is 5.92 Å². The number of carbonyl (C=O) groups is 1. The van der Waals surface area contributed by atoms with Crippen LogP contribution in [0.5, 0.6) is 0 Å². The Bertz CT molecular complexity index is 206. The Balaban J connectivity index is 2.14. The van der Waals surface area contributed by atoms with Crippen molar-refractivity contribution in [2.75, 3.05) is 0 Å². The van der Waals surface area contributed by atoms with E-state index in [0.29, 0.717) is 6.42 Å². The van der Waals surface area contributed by atoms with Gasteiger partial charge in [-0.05, 0) is 19.3 Å². The van der Waals surface area contributed by atoms with E-state index in [0.717, 1.165) is 12.8 Å². The molecule has 12 heavy (non-hydrogen) atoms. The molecule has 4 heteroatoms. The van der Waals surface area contributed by atoms with Gasteiger partial charge in [0.1, 0.15) is 6.04 Å². The topological polar surface area (TPSA) is 69.6 Å². The van der Waals surface area contributed by atoms with Crippen LogP contribution in [0.15, 0.2) is 0 Å². The first-order valence-corrected chi connectivity index (χ1v) is 4.35. The highest BCUT2D eigenvalue weighted by Gasteiger charge is 2.44. The number of piperidine rings is 2.